The number of rotatable bonds is 14. The van der Waals surface area contributed by atoms with Crippen molar-refractivity contribution in [2.45, 2.75) is 118 Å². The molecule has 38 heavy (non-hydrogen) atoms. The van der Waals surface area contributed by atoms with Crippen molar-refractivity contribution in [2.24, 2.45) is 11.8 Å². The minimum Gasteiger partial charge on any atom is -0.508 e. The SMILES string of the molecule is CCCCCNC(=O)C(c1ccc(O)cc1)N(C(=O)C(NC(=O)OC(C)(C)C)C(C)C)C(C)CCC(C)C. The number of phenolic OH excluding ortho intramolecular Hbond substituents is 1. The van der Waals surface area contributed by atoms with Gasteiger partial charge in [0.05, 0.1) is 0 Å². The maximum absolute atomic E-state index is 14.3. The summed E-state index contributed by atoms with van der Waals surface area (Å²) >= 11 is 0. The van der Waals surface area contributed by atoms with E-state index in [9.17, 15) is 19.5 Å². The van der Waals surface area contributed by atoms with Crippen LogP contribution in [0.25, 0.3) is 0 Å². The zero-order chi connectivity index (χ0) is 29.0. The number of alkyl carbamates (subject to hydrolysis) is 1. The molecule has 0 heterocycles. The Kier molecular flexibility index (Phi) is 13.6. The van der Waals surface area contributed by atoms with Gasteiger partial charge in [0.2, 0.25) is 11.8 Å². The summed E-state index contributed by atoms with van der Waals surface area (Å²) < 4.78 is 5.44. The van der Waals surface area contributed by atoms with Crippen LogP contribution in [-0.4, -0.2) is 52.1 Å². The Balaban J connectivity index is 3.51. The molecule has 0 aliphatic rings. The van der Waals surface area contributed by atoms with Crippen LogP contribution in [0.15, 0.2) is 24.3 Å². The van der Waals surface area contributed by atoms with E-state index in [4.69, 9.17) is 4.74 Å². The fourth-order valence-electron chi connectivity index (χ4n) is 4.20. The number of nitrogens with one attached hydrogen (secondary N) is 2. The van der Waals surface area contributed by atoms with Gasteiger partial charge in [0, 0.05) is 12.6 Å². The van der Waals surface area contributed by atoms with Gasteiger partial charge in [0.15, 0.2) is 0 Å². The van der Waals surface area contributed by atoms with E-state index < -0.39 is 23.8 Å². The second-order valence-electron chi connectivity index (χ2n) is 11.9. The number of nitrogens with zero attached hydrogens (tertiary/aromatic N) is 1. The Morgan fingerprint density at radius 1 is 0.974 bits per heavy atom. The van der Waals surface area contributed by atoms with E-state index in [1.54, 1.807) is 37.8 Å². The van der Waals surface area contributed by atoms with E-state index in [-0.39, 0.29) is 29.5 Å². The molecule has 216 valence electrons. The summed E-state index contributed by atoms with van der Waals surface area (Å²) in [5.74, 6) is -0.374. The summed E-state index contributed by atoms with van der Waals surface area (Å²) in [5, 5.41) is 15.7. The zero-order valence-corrected chi connectivity index (χ0v) is 25.0. The number of benzene rings is 1. The van der Waals surface area contributed by atoms with Crippen LogP contribution in [0, 0.1) is 11.8 Å². The third-order valence-corrected chi connectivity index (χ3v) is 6.31. The summed E-state index contributed by atoms with van der Waals surface area (Å²) in [6.07, 6.45) is 3.75. The Labute approximate surface area is 229 Å². The molecule has 3 unspecified atom stereocenters. The number of amides is 3. The average Bonchev–Trinajstić information content (AvgIpc) is 2.81. The first-order chi connectivity index (χ1) is 17.7. The average molecular weight is 534 g/mol. The highest BCUT2D eigenvalue weighted by Crippen LogP contribution is 2.29. The maximum atomic E-state index is 14.3. The summed E-state index contributed by atoms with van der Waals surface area (Å²) in [4.78, 5) is 42.3. The van der Waals surface area contributed by atoms with Crippen LogP contribution in [0.3, 0.4) is 0 Å². The number of hydrogen-bond acceptors (Lipinski definition) is 5. The van der Waals surface area contributed by atoms with Gasteiger partial charge in [-0.05, 0) is 76.5 Å². The van der Waals surface area contributed by atoms with Gasteiger partial charge in [0.25, 0.3) is 0 Å². The number of carbonyl (C=O) groups is 3. The highest BCUT2D eigenvalue weighted by Gasteiger charge is 2.39. The van der Waals surface area contributed by atoms with Gasteiger partial charge < -0.3 is 25.4 Å². The van der Waals surface area contributed by atoms with E-state index in [2.05, 4.69) is 31.4 Å². The van der Waals surface area contributed by atoms with Gasteiger partial charge in [-0.15, -0.1) is 0 Å². The van der Waals surface area contributed by atoms with Crippen molar-refractivity contribution in [3.63, 3.8) is 0 Å². The fourth-order valence-corrected chi connectivity index (χ4v) is 4.20. The van der Waals surface area contributed by atoms with Crippen LogP contribution in [0.1, 0.15) is 106 Å². The molecule has 3 N–H and O–H groups in total. The molecule has 1 rings (SSSR count). The third-order valence-electron chi connectivity index (χ3n) is 6.31. The summed E-state index contributed by atoms with van der Waals surface area (Å²) in [6.45, 7) is 17.8. The number of carbonyl (C=O) groups excluding carboxylic acids is 3. The molecule has 1 aromatic carbocycles. The molecule has 0 saturated heterocycles. The zero-order valence-electron chi connectivity index (χ0n) is 25.0. The molecule has 8 heteroatoms. The van der Waals surface area contributed by atoms with Crippen LogP contribution < -0.4 is 10.6 Å². The van der Waals surface area contributed by atoms with E-state index in [0.29, 0.717) is 24.4 Å². The largest absolute Gasteiger partial charge is 0.508 e. The fraction of sp³-hybridized carbons (Fsp3) is 0.700. The minimum atomic E-state index is -0.923. The minimum absolute atomic E-state index is 0.0771. The lowest BCUT2D eigenvalue weighted by molar-refractivity contribution is -0.146. The van der Waals surface area contributed by atoms with Crippen molar-refractivity contribution in [1.29, 1.82) is 0 Å². The second kappa shape index (κ2) is 15.6. The van der Waals surface area contributed by atoms with Gasteiger partial charge in [-0.3, -0.25) is 9.59 Å². The lowest BCUT2D eigenvalue weighted by Crippen LogP contribution is -2.57. The molecular formula is C30H51N3O5. The number of aromatic hydroxyl groups is 1. The van der Waals surface area contributed by atoms with Gasteiger partial charge in [-0.2, -0.15) is 0 Å². The van der Waals surface area contributed by atoms with Gasteiger partial charge in [0.1, 0.15) is 23.4 Å². The number of unbranched alkanes of at least 4 members (excludes halogenated alkanes) is 2. The summed E-state index contributed by atoms with van der Waals surface area (Å²) in [5.41, 5.74) is -0.119. The van der Waals surface area contributed by atoms with Crippen LogP contribution in [-0.2, 0) is 14.3 Å². The van der Waals surface area contributed by atoms with Gasteiger partial charge in [-0.1, -0.05) is 59.6 Å². The van der Waals surface area contributed by atoms with Crippen LogP contribution in [0.5, 0.6) is 5.75 Å². The Morgan fingerprint density at radius 3 is 2.08 bits per heavy atom. The normalized spacial score (nSPS) is 14.1. The highest BCUT2D eigenvalue weighted by molar-refractivity contribution is 5.92. The molecule has 0 aliphatic heterocycles. The van der Waals surface area contributed by atoms with Crippen LogP contribution in [0.2, 0.25) is 0 Å². The van der Waals surface area contributed by atoms with Gasteiger partial charge in [-0.25, -0.2) is 4.79 Å². The molecule has 0 bridgehead atoms. The molecule has 3 atom stereocenters. The molecule has 0 aromatic heterocycles. The Hall–Kier alpha value is -2.77. The van der Waals surface area contributed by atoms with E-state index in [1.165, 1.54) is 12.1 Å². The van der Waals surface area contributed by atoms with Crippen LogP contribution >= 0.6 is 0 Å². The summed E-state index contributed by atoms with van der Waals surface area (Å²) in [6, 6.07) is 4.29. The Morgan fingerprint density at radius 2 is 1.58 bits per heavy atom. The second-order valence-corrected chi connectivity index (χ2v) is 11.9. The van der Waals surface area contributed by atoms with Crippen molar-refractivity contribution < 1.29 is 24.2 Å². The number of hydrogen-bond donors (Lipinski definition) is 3. The molecule has 3 amide bonds. The molecule has 0 aliphatic carbocycles. The van der Waals surface area contributed by atoms with Crippen molar-refractivity contribution in [3.05, 3.63) is 29.8 Å². The van der Waals surface area contributed by atoms with Crippen molar-refractivity contribution in [1.82, 2.24) is 15.5 Å². The first-order valence-corrected chi connectivity index (χ1v) is 14.1. The molecule has 0 radical (unpaired) electrons. The highest BCUT2D eigenvalue weighted by atomic mass is 16.6. The van der Waals surface area contributed by atoms with Crippen molar-refractivity contribution in [2.75, 3.05) is 6.54 Å². The lowest BCUT2D eigenvalue weighted by Gasteiger charge is -2.39. The first-order valence-electron chi connectivity index (χ1n) is 14.1. The molecule has 0 spiro atoms. The van der Waals surface area contributed by atoms with E-state index >= 15 is 0 Å². The van der Waals surface area contributed by atoms with E-state index in [1.807, 2.05) is 20.8 Å². The molecule has 0 fully saturated rings. The van der Waals surface area contributed by atoms with Gasteiger partial charge >= 0.3 is 6.09 Å². The lowest BCUT2D eigenvalue weighted by atomic mass is 9.95. The van der Waals surface area contributed by atoms with Crippen molar-refractivity contribution >= 4 is 17.9 Å². The predicted octanol–water partition coefficient (Wildman–Crippen LogP) is 5.94. The monoisotopic (exact) mass is 533 g/mol. The predicted molar refractivity (Wildman–Crippen MR) is 152 cm³/mol. The third kappa shape index (κ3) is 11.3. The van der Waals surface area contributed by atoms with Crippen LogP contribution in [0.4, 0.5) is 4.79 Å². The molecular weight excluding hydrogens is 482 g/mol. The molecule has 0 saturated carbocycles. The topological polar surface area (TPSA) is 108 Å². The van der Waals surface area contributed by atoms with E-state index in [0.717, 1.165) is 25.7 Å². The first kappa shape index (κ1) is 33.3. The smallest absolute Gasteiger partial charge is 0.408 e. The Bertz CT molecular complexity index is 877. The standard InChI is InChI=1S/C30H51N3O5/c1-10-11-12-19-31-27(35)26(23-15-17-24(34)18-16-23)33(22(6)14-13-20(2)3)28(36)25(21(4)5)32-29(37)38-30(7,8)9/h15-18,20-22,25-26,34H,10-14,19H2,1-9H3,(H,31,35)(H,32,37). The number of ether oxygens (including phenoxy) is 1. The van der Waals surface area contributed by atoms with Crippen molar-refractivity contribution in [3.8, 4) is 5.75 Å². The molecule has 8 nitrogen and oxygen atoms in total. The quantitative estimate of drug-likeness (QED) is 0.256. The number of phenols is 1. The summed E-state index contributed by atoms with van der Waals surface area (Å²) in [7, 11) is 0. The maximum Gasteiger partial charge on any atom is 0.408 e. The molecule has 1 aromatic rings.